The molecular weight excluding hydrogens is 396 g/mol. The maximum Gasteiger partial charge on any atom is 0.407 e. The number of aliphatic hydroxyl groups is 2. The van der Waals surface area contributed by atoms with Crippen LogP contribution in [0.25, 0.3) is 0 Å². The van der Waals surface area contributed by atoms with Gasteiger partial charge in [-0.25, -0.2) is 9.59 Å². The lowest BCUT2D eigenvalue weighted by molar-refractivity contribution is -0.125. The van der Waals surface area contributed by atoms with Gasteiger partial charge in [-0.15, -0.1) is 0 Å². The van der Waals surface area contributed by atoms with Crippen LogP contribution in [-0.2, 0) is 9.53 Å². The average molecular weight is 426 g/mol. The van der Waals surface area contributed by atoms with Gasteiger partial charge in [-0.1, -0.05) is 0 Å². The topological polar surface area (TPSA) is 163 Å². The number of hydrogen-bond acceptors (Lipinski definition) is 7. The molecule has 0 unspecified atom stereocenters. The van der Waals surface area contributed by atoms with E-state index in [1.54, 1.807) is 20.8 Å². The third-order valence-electron chi connectivity index (χ3n) is 4.73. The Balaban J connectivity index is 1.80. The highest BCUT2D eigenvalue weighted by Crippen LogP contribution is 2.28. The Kier molecular flexibility index (Phi) is 7.79. The Morgan fingerprint density at radius 3 is 2.57 bits per heavy atom. The van der Waals surface area contributed by atoms with Gasteiger partial charge in [0.25, 0.3) is 5.56 Å². The van der Waals surface area contributed by atoms with Crippen molar-refractivity contribution in [2.45, 2.75) is 76.3 Å². The quantitative estimate of drug-likeness (QED) is 0.379. The highest BCUT2D eigenvalue weighted by Gasteiger charge is 2.39. The van der Waals surface area contributed by atoms with E-state index in [4.69, 9.17) is 4.74 Å². The van der Waals surface area contributed by atoms with Gasteiger partial charge in [-0.3, -0.25) is 19.1 Å². The number of aromatic nitrogens is 2. The first-order valence-corrected chi connectivity index (χ1v) is 9.92. The van der Waals surface area contributed by atoms with Crippen LogP contribution < -0.4 is 21.9 Å². The number of ether oxygens (including phenoxy) is 1. The molecule has 1 saturated carbocycles. The number of nitrogens with zero attached hydrogens (tertiary/aromatic N) is 1. The number of carbonyl (C=O) groups excluding carboxylic acids is 2. The zero-order chi connectivity index (χ0) is 22.5. The smallest absolute Gasteiger partial charge is 0.407 e. The zero-order valence-electron chi connectivity index (χ0n) is 17.4. The number of aliphatic hydroxyl groups excluding tert-OH is 2. The van der Waals surface area contributed by atoms with Crippen molar-refractivity contribution in [3.63, 3.8) is 0 Å². The number of hydrogen-bond donors (Lipinski definition) is 5. The number of carbonyl (C=O) groups is 2. The summed E-state index contributed by atoms with van der Waals surface area (Å²) in [5.74, 6) is -0.322. The van der Waals surface area contributed by atoms with Crippen molar-refractivity contribution in [3.8, 4) is 0 Å². The largest absolute Gasteiger partial charge is 0.444 e. The van der Waals surface area contributed by atoms with E-state index in [1.807, 2.05) is 0 Å². The van der Waals surface area contributed by atoms with E-state index in [0.717, 1.165) is 0 Å². The van der Waals surface area contributed by atoms with Gasteiger partial charge in [0.05, 0.1) is 12.1 Å². The van der Waals surface area contributed by atoms with Crippen LogP contribution in [0.5, 0.6) is 0 Å². The molecule has 1 aliphatic rings. The fraction of sp³-hybridized carbons (Fsp3) is 0.684. The van der Waals surface area contributed by atoms with Gasteiger partial charge < -0.3 is 25.6 Å². The molecule has 1 fully saturated rings. The molecule has 4 atom stereocenters. The summed E-state index contributed by atoms with van der Waals surface area (Å²) >= 11 is 0. The van der Waals surface area contributed by atoms with Crippen molar-refractivity contribution < 1.29 is 24.5 Å². The summed E-state index contributed by atoms with van der Waals surface area (Å²) in [6.07, 6.45) is -0.668. The molecule has 30 heavy (non-hydrogen) atoms. The monoisotopic (exact) mass is 426 g/mol. The molecule has 2 amide bonds. The predicted molar refractivity (Wildman–Crippen MR) is 107 cm³/mol. The zero-order valence-corrected chi connectivity index (χ0v) is 17.4. The summed E-state index contributed by atoms with van der Waals surface area (Å²) in [5.41, 5.74) is -1.82. The van der Waals surface area contributed by atoms with E-state index in [9.17, 15) is 29.4 Å². The van der Waals surface area contributed by atoms with E-state index in [1.165, 1.54) is 16.8 Å². The van der Waals surface area contributed by atoms with Gasteiger partial charge in [0, 0.05) is 25.2 Å². The molecule has 0 spiro atoms. The molecule has 1 aromatic rings. The van der Waals surface area contributed by atoms with Crippen molar-refractivity contribution in [1.82, 2.24) is 20.2 Å². The summed E-state index contributed by atoms with van der Waals surface area (Å²) in [6.45, 7) is 5.52. The molecule has 5 N–H and O–H groups in total. The molecule has 0 bridgehead atoms. The van der Waals surface area contributed by atoms with E-state index in [0.29, 0.717) is 19.3 Å². The average Bonchev–Trinajstić information content (AvgIpc) is 2.62. The number of alkyl carbamates (subject to hydrolysis) is 1. The van der Waals surface area contributed by atoms with Gasteiger partial charge >= 0.3 is 11.8 Å². The number of rotatable bonds is 6. The highest BCUT2D eigenvalue weighted by molar-refractivity contribution is 5.76. The molecule has 168 valence electrons. The summed E-state index contributed by atoms with van der Waals surface area (Å²) in [5, 5.41) is 26.1. The number of amides is 2. The second-order valence-electron chi connectivity index (χ2n) is 8.35. The second-order valence-corrected chi connectivity index (χ2v) is 8.35. The minimum atomic E-state index is -1.29. The Bertz CT molecular complexity index is 857. The van der Waals surface area contributed by atoms with E-state index >= 15 is 0 Å². The standard InChI is InChI=1S/C19H30N4O7/c1-19(2,3)30-18(29)20-9-4-5-13(24)21-11-6-7-12(16(27)15(11)26)23-10-8-14(25)22-17(23)28/h8,10-12,15-16,26-27H,4-7,9H2,1-3H3,(H,20,29)(H,21,24)(H,22,25,28)/t11-,12-,15-,16-/m1/s1. The lowest BCUT2D eigenvalue weighted by Gasteiger charge is -2.38. The third kappa shape index (κ3) is 6.70. The van der Waals surface area contributed by atoms with Crippen molar-refractivity contribution in [3.05, 3.63) is 33.1 Å². The highest BCUT2D eigenvalue weighted by atomic mass is 16.6. The molecule has 0 radical (unpaired) electrons. The van der Waals surface area contributed by atoms with E-state index in [-0.39, 0.29) is 18.9 Å². The molecule has 1 aliphatic carbocycles. The van der Waals surface area contributed by atoms with Gasteiger partial charge in [0.1, 0.15) is 17.8 Å². The summed E-state index contributed by atoms with van der Waals surface area (Å²) < 4.78 is 6.27. The predicted octanol–water partition coefficient (Wildman–Crippen LogP) is -0.617. The van der Waals surface area contributed by atoms with Crippen LogP contribution in [0.4, 0.5) is 4.79 Å². The minimum Gasteiger partial charge on any atom is -0.444 e. The Labute approximate surface area is 173 Å². The third-order valence-corrected chi connectivity index (χ3v) is 4.73. The first-order valence-electron chi connectivity index (χ1n) is 9.92. The van der Waals surface area contributed by atoms with E-state index < -0.39 is 47.2 Å². The minimum absolute atomic E-state index is 0.123. The SMILES string of the molecule is CC(C)(C)OC(=O)NCCCC(=O)N[C@@H]1CC[C@@H](n2ccc(=O)[nH]c2=O)[C@@H](O)[C@@H]1O. The van der Waals surface area contributed by atoms with Gasteiger partial charge in [0.2, 0.25) is 5.91 Å². The summed E-state index contributed by atoms with van der Waals surface area (Å²) in [7, 11) is 0. The summed E-state index contributed by atoms with van der Waals surface area (Å²) in [4.78, 5) is 48.9. The van der Waals surface area contributed by atoms with E-state index in [2.05, 4.69) is 15.6 Å². The van der Waals surface area contributed by atoms with Crippen LogP contribution in [-0.4, -0.2) is 62.2 Å². The number of aromatic amines is 1. The van der Waals surface area contributed by atoms with Gasteiger partial charge in [-0.2, -0.15) is 0 Å². The molecular formula is C19H30N4O7. The Morgan fingerprint density at radius 2 is 1.93 bits per heavy atom. The molecule has 0 saturated heterocycles. The fourth-order valence-electron chi connectivity index (χ4n) is 3.34. The molecule has 2 rings (SSSR count). The molecule has 0 aliphatic heterocycles. The van der Waals surface area contributed by atoms with Crippen molar-refractivity contribution in [2.75, 3.05) is 6.54 Å². The second kappa shape index (κ2) is 9.90. The molecule has 11 nitrogen and oxygen atoms in total. The first kappa shape index (κ1) is 23.6. The van der Waals surface area contributed by atoms with Gasteiger partial charge in [0.15, 0.2) is 0 Å². The summed E-state index contributed by atoms with van der Waals surface area (Å²) in [6, 6.07) is -0.212. The fourth-order valence-corrected chi connectivity index (χ4v) is 3.34. The Morgan fingerprint density at radius 1 is 1.23 bits per heavy atom. The first-order chi connectivity index (χ1) is 14.0. The van der Waals surface area contributed by atoms with Crippen molar-refractivity contribution >= 4 is 12.0 Å². The maximum atomic E-state index is 12.1. The van der Waals surface area contributed by atoms with Crippen LogP contribution in [0.15, 0.2) is 21.9 Å². The number of nitrogens with one attached hydrogen (secondary N) is 3. The number of H-pyrrole nitrogens is 1. The van der Waals surface area contributed by atoms with Crippen LogP contribution >= 0.6 is 0 Å². The lowest BCUT2D eigenvalue weighted by atomic mass is 9.85. The maximum absolute atomic E-state index is 12.1. The Hall–Kier alpha value is -2.66. The van der Waals surface area contributed by atoms with Crippen LogP contribution in [0.1, 0.15) is 52.5 Å². The van der Waals surface area contributed by atoms with Crippen LogP contribution in [0.3, 0.4) is 0 Å². The van der Waals surface area contributed by atoms with Crippen LogP contribution in [0.2, 0.25) is 0 Å². The molecule has 1 aromatic heterocycles. The van der Waals surface area contributed by atoms with Gasteiger partial charge in [-0.05, 0) is 40.0 Å². The molecule has 0 aromatic carbocycles. The lowest BCUT2D eigenvalue weighted by Crippen LogP contribution is -2.55. The molecule has 11 heteroatoms. The van der Waals surface area contributed by atoms with Crippen molar-refractivity contribution in [2.24, 2.45) is 0 Å². The molecule has 1 heterocycles. The van der Waals surface area contributed by atoms with Crippen molar-refractivity contribution in [1.29, 1.82) is 0 Å². The normalized spacial score (nSPS) is 24.2. The van der Waals surface area contributed by atoms with Crippen LogP contribution in [0, 0.1) is 0 Å².